The van der Waals surface area contributed by atoms with Crippen LogP contribution < -0.4 is 10.2 Å². The number of hydrogen-bond acceptors (Lipinski definition) is 2. The third kappa shape index (κ3) is 5.58. The number of hydrogen-bond donors (Lipinski definition) is 1. The van der Waals surface area contributed by atoms with Crippen molar-refractivity contribution in [3.8, 4) is 0 Å². The largest absolute Gasteiger partial charge is 0.356 e. The van der Waals surface area contributed by atoms with Crippen LogP contribution in [-0.2, 0) is 9.59 Å². The number of amides is 2. The lowest BCUT2D eigenvalue weighted by Crippen LogP contribution is -2.35. The third-order valence-electron chi connectivity index (χ3n) is 3.31. The smallest absolute Gasteiger partial charge is 0.223 e. The van der Waals surface area contributed by atoms with E-state index in [4.69, 9.17) is 0 Å². The van der Waals surface area contributed by atoms with Gasteiger partial charge in [0, 0.05) is 32.1 Å². The van der Waals surface area contributed by atoms with Crippen LogP contribution >= 0.6 is 0 Å². The Morgan fingerprint density at radius 2 is 1.90 bits per heavy atom. The molecule has 0 bridgehead atoms. The van der Waals surface area contributed by atoms with Gasteiger partial charge in [-0.1, -0.05) is 26.0 Å². The fourth-order valence-electron chi connectivity index (χ4n) is 2.08. The topological polar surface area (TPSA) is 49.4 Å². The molecule has 0 fully saturated rings. The number of aryl methyl sites for hydroxylation is 2. The molecule has 0 spiro atoms. The lowest BCUT2D eigenvalue weighted by molar-refractivity contribution is -0.121. The van der Waals surface area contributed by atoms with Crippen molar-refractivity contribution in [1.29, 1.82) is 0 Å². The molecule has 0 unspecified atom stereocenters. The average molecular weight is 290 g/mol. The first-order chi connectivity index (χ1) is 9.81. The van der Waals surface area contributed by atoms with Crippen LogP contribution in [0, 0.1) is 19.8 Å². The molecule has 1 rings (SSSR count). The molecule has 1 N–H and O–H groups in total. The van der Waals surface area contributed by atoms with Gasteiger partial charge in [-0.05, 0) is 37.0 Å². The molecule has 0 aliphatic carbocycles. The van der Waals surface area contributed by atoms with Crippen molar-refractivity contribution >= 4 is 17.5 Å². The highest BCUT2D eigenvalue weighted by molar-refractivity contribution is 5.93. The summed E-state index contributed by atoms with van der Waals surface area (Å²) < 4.78 is 0. The highest BCUT2D eigenvalue weighted by atomic mass is 16.2. The summed E-state index contributed by atoms with van der Waals surface area (Å²) in [7, 11) is 0. The molecule has 0 atom stereocenters. The molecule has 1 aromatic rings. The maximum Gasteiger partial charge on any atom is 0.223 e. The van der Waals surface area contributed by atoms with Gasteiger partial charge < -0.3 is 10.2 Å². The van der Waals surface area contributed by atoms with Crippen LogP contribution in [0.4, 0.5) is 5.69 Å². The number of rotatable bonds is 6. The van der Waals surface area contributed by atoms with Gasteiger partial charge in [-0.3, -0.25) is 9.59 Å². The maximum absolute atomic E-state index is 11.9. The number of nitrogens with zero attached hydrogens (tertiary/aromatic N) is 1. The molecule has 4 heteroatoms. The van der Waals surface area contributed by atoms with Gasteiger partial charge in [-0.2, -0.15) is 0 Å². The standard InChI is InChI=1S/C17H26N2O2/c1-12(2)11-18-17(21)8-9-19(15(5)20)16-10-13(3)6-7-14(16)4/h6-7,10,12H,8-9,11H2,1-5H3,(H,18,21). The molecule has 21 heavy (non-hydrogen) atoms. The second-order valence-electron chi connectivity index (χ2n) is 5.91. The Bertz CT molecular complexity index is 510. The Morgan fingerprint density at radius 3 is 2.48 bits per heavy atom. The molecule has 0 aliphatic heterocycles. The highest BCUT2D eigenvalue weighted by Gasteiger charge is 2.15. The second-order valence-corrected chi connectivity index (χ2v) is 5.91. The number of nitrogens with one attached hydrogen (secondary N) is 1. The van der Waals surface area contributed by atoms with Crippen molar-refractivity contribution in [1.82, 2.24) is 5.32 Å². The van der Waals surface area contributed by atoms with Crippen LogP contribution in [-0.4, -0.2) is 24.9 Å². The Labute approximate surface area is 127 Å². The van der Waals surface area contributed by atoms with Crippen LogP contribution in [0.3, 0.4) is 0 Å². The molecule has 116 valence electrons. The van der Waals surface area contributed by atoms with Gasteiger partial charge >= 0.3 is 0 Å². The van der Waals surface area contributed by atoms with Gasteiger partial charge in [-0.15, -0.1) is 0 Å². The number of carbonyl (C=O) groups excluding carboxylic acids is 2. The second kappa shape index (κ2) is 7.81. The van der Waals surface area contributed by atoms with E-state index in [1.54, 1.807) is 4.90 Å². The number of carbonyl (C=O) groups is 2. The monoisotopic (exact) mass is 290 g/mol. The number of anilines is 1. The van der Waals surface area contributed by atoms with Crippen molar-refractivity contribution in [2.45, 2.75) is 41.0 Å². The normalized spacial score (nSPS) is 10.6. The number of benzene rings is 1. The van der Waals surface area contributed by atoms with Crippen LogP contribution in [0.2, 0.25) is 0 Å². The van der Waals surface area contributed by atoms with E-state index in [9.17, 15) is 9.59 Å². The average Bonchev–Trinajstić information content (AvgIpc) is 2.40. The van der Waals surface area contributed by atoms with Crippen LogP contribution in [0.15, 0.2) is 18.2 Å². The first-order valence-corrected chi connectivity index (χ1v) is 7.43. The van der Waals surface area contributed by atoms with Gasteiger partial charge in [0.2, 0.25) is 11.8 Å². The summed E-state index contributed by atoms with van der Waals surface area (Å²) in [6.45, 7) is 10.7. The minimum absolute atomic E-state index is 0.0137. The van der Waals surface area contributed by atoms with Gasteiger partial charge in [0.05, 0.1) is 0 Å². The fourth-order valence-corrected chi connectivity index (χ4v) is 2.08. The molecule has 1 aromatic carbocycles. The minimum Gasteiger partial charge on any atom is -0.356 e. The zero-order valence-corrected chi connectivity index (χ0v) is 13.7. The van der Waals surface area contributed by atoms with Crippen LogP contribution in [0.1, 0.15) is 38.3 Å². The minimum atomic E-state index is -0.0413. The molecule has 4 nitrogen and oxygen atoms in total. The maximum atomic E-state index is 11.9. The summed E-state index contributed by atoms with van der Waals surface area (Å²) in [6.07, 6.45) is 0.319. The van der Waals surface area contributed by atoms with Gasteiger partial charge in [0.25, 0.3) is 0 Å². The van der Waals surface area contributed by atoms with E-state index in [1.165, 1.54) is 6.92 Å². The van der Waals surface area contributed by atoms with E-state index in [1.807, 2.05) is 32.0 Å². The third-order valence-corrected chi connectivity index (χ3v) is 3.31. The molecule has 0 aliphatic rings. The quantitative estimate of drug-likeness (QED) is 0.876. The van der Waals surface area contributed by atoms with E-state index in [-0.39, 0.29) is 11.8 Å². The van der Waals surface area contributed by atoms with Gasteiger partial charge in [0.1, 0.15) is 0 Å². The Morgan fingerprint density at radius 1 is 1.24 bits per heavy atom. The lowest BCUT2D eigenvalue weighted by Gasteiger charge is -2.23. The Hall–Kier alpha value is -1.84. The van der Waals surface area contributed by atoms with Crippen molar-refractivity contribution in [3.05, 3.63) is 29.3 Å². The Balaban J connectivity index is 2.73. The van der Waals surface area contributed by atoms with E-state index < -0.39 is 0 Å². The SMILES string of the molecule is CC(=O)N(CCC(=O)NCC(C)C)c1cc(C)ccc1C. The summed E-state index contributed by atoms with van der Waals surface area (Å²) in [6, 6.07) is 6.01. The zero-order valence-electron chi connectivity index (χ0n) is 13.7. The van der Waals surface area contributed by atoms with Crippen LogP contribution in [0.5, 0.6) is 0 Å². The zero-order chi connectivity index (χ0) is 16.0. The van der Waals surface area contributed by atoms with Crippen molar-refractivity contribution in [2.75, 3.05) is 18.0 Å². The summed E-state index contributed by atoms with van der Waals surface area (Å²) in [5.41, 5.74) is 3.03. The van der Waals surface area contributed by atoms with E-state index in [0.29, 0.717) is 25.4 Å². The van der Waals surface area contributed by atoms with Crippen molar-refractivity contribution in [3.63, 3.8) is 0 Å². The molecular weight excluding hydrogens is 264 g/mol. The Kier molecular flexibility index (Phi) is 6.40. The molecular formula is C17H26N2O2. The summed E-state index contributed by atoms with van der Waals surface area (Å²) in [4.78, 5) is 25.4. The van der Waals surface area contributed by atoms with Crippen LogP contribution in [0.25, 0.3) is 0 Å². The molecule has 0 saturated heterocycles. The molecule has 0 aromatic heterocycles. The fraction of sp³-hybridized carbons (Fsp3) is 0.529. The van der Waals surface area contributed by atoms with Gasteiger partial charge in [-0.25, -0.2) is 0 Å². The van der Waals surface area contributed by atoms with Crippen molar-refractivity contribution in [2.24, 2.45) is 5.92 Å². The first kappa shape index (κ1) is 17.2. The highest BCUT2D eigenvalue weighted by Crippen LogP contribution is 2.22. The predicted octanol–water partition coefficient (Wildman–Crippen LogP) is 2.82. The van der Waals surface area contributed by atoms with Crippen molar-refractivity contribution < 1.29 is 9.59 Å². The molecule has 0 saturated carbocycles. The van der Waals surface area contributed by atoms with E-state index in [0.717, 1.165) is 16.8 Å². The molecule has 2 amide bonds. The van der Waals surface area contributed by atoms with E-state index in [2.05, 4.69) is 19.2 Å². The molecule has 0 heterocycles. The molecule has 0 radical (unpaired) electrons. The summed E-state index contributed by atoms with van der Waals surface area (Å²) in [5.74, 6) is 0.373. The van der Waals surface area contributed by atoms with Gasteiger partial charge in [0.15, 0.2) is 0 Å². The predicted molar refractivity (Wildman–Crippen MR) is 86.4 cm³/mol. The summed E-state index contributed by atoms with van der Waals surface area (Å²) in [5, 5.41) is 2.88. The summed E-state index contributed by atoms with van der Waals surface area (Å²) >= 11 is 0. The van der Waals surface area contributed by atoms with E-state index >= 15 is 0 Å². The lowest BCUT2D eigenvalue weighted by atomic mass is 10.1. The first-order valence-electron chi connectivity index (χ1n) is 7.43.